The fourth-order valence-corrected chi connectivity index (χ4v) is 5.18. The van der Waals surface area contributed by atoms with E-state index in [4.69, 9.17) is 14.2 Å². The smallest absolute Gasteiger partial charge is 0.284 e. The van der Waals surface area contributed by atoms with Crippen molar-refractivity contribution >= 4 is 39.6 Å². The lowest BCUT2D eigenvalue weighted by atomic mass is 10.1. The number of carbonyl (C=O) groups excluding carboxylic acids is 1. The fraction of sp³-hybridized carbons (Fsp3) is 0.258. The minimum atomic E-state index is -0.856. The zero-order valence-corrected chi connectivity index (χ0v) is 24.7. The maximum absolute atomic E-state index is 14.9. The summed E-state index contributed by atoms with van der Waals surface area (Å²) in [5, 5.41) is 10.6. The maximum Gasteiger partial charge on any atom is 0.284 e. The highest BCUT2D eigenvalue weighted by atomic mass is 19.1. The number of likely N-dealkylation sites (N-methyl/N-ethyl adjacent to an activating group) is 1. The lowest BCUT2D eigenvalue weighted by Crippen LogP contribution is -2.24. The number of hydrogen-bond acceptors (Lipinski definition) is 10. The van der Waals surface area contributed by atoms with Crippen LogP contribution in [0.2, 0.25) is 0 Å². The van der Waals surface area contributed by atoms with E-state index in [1.54, 1.807) is 48.2 Å². The van der Waals surface area contributed by atoms with Crippen molar-refractivity contribution in [3.63, 3.8) is 0 Å². The number of carbonyl (C=O) groups is 1. The van der Waals surface area contributed by atoms with E-state index in [9.17, 15) is 9.18 Å². The summed E-state index contributed by atoms with van der Waals surface area (Å²) < 4.78 is 33.8. The van der Waals surface area contributed by atoms with Crippen LogP contribution in [0.15, 0.2) is 67.2 Å². The molecule has 0 radical (unpaired) electrons. The quantitative estimate of drug-likeness (QED) is 0.212. The molecule has 3 aromatic heterocycles. The normalized spacial score (nSPS) is 15.5. The van der Waals surface area contributed by atoms with Crippen LogP contribution in [0, 0.1) is 6.92 Å². The predicted octanol–water partition coefficient (Wildman–Crippen LogP) is 5.42. The molecule has 1 fully saturated rings. The van der Waals surface area contributed by atoms with Gasteiger partial charge in [-0.05, 0) is 63.2 Å². The number of pyridine rings is 1. The van der Waals surface area contributed by atoms with Crippen LogP contribution in [0.5, 0.6) is 23.0 Å². The molecule has 13 heteroatoms. The van der Waals surface area contributed by atoms with Crippen LogP contribution in [-0.2, 0) is 4.79 Å². The third-order valence-electron chi connectivity index (χ3n) is 7.57. The first kappa shape index (κ1) is 28.8. The van der Waals surface area contributed by atoms with Crippen molar-refractivity contribution in [1.82, 2.24) is 29.5 Å². The van der Waals surface area contributed by atoms with Gasteiger partial charge in [0.2, 0.25) is 0 Å². The molecule has 0 bridgehead atoms. The summed E-state index contributed by atoms with van der Waals surface area (Å²) in [5.41, 5.74) is 2.95. The summed E-state index contributed by atoms with van der Waals surface area (Å²) in [6, 6.07) is 10.4. The zero-order valence-electron chi connectivity index (χ0n) is 24.7. The molecule has 5 aromatic rings. The molecule has 0 unspecified atom stereocenters. The lowest BCUT2D eigenvalue weighted by Gasteiger charge is -2.17. The van der Waals surface area contributed by atoms with Crippen molar-refractivity contribution in [3.05, 3.63) is 72.7 Å². The standard InChI is InChI=1S/C31H31FN8O4/c1-18-10-24(28(43-4)15-26(18)44-20-7-9-40-29(12-20)34-17-36-40)37-30-21-13-25(27(42-3)14-23(21)33-16-35-30)38-31(41)22(32)11-19-6-5-8-39(19)2/h7,9-17,19H,5-6,8H2,1-4H3,(H,38,41)(H,33,35,37)/b22-11+/t19-/m1/s1. The Kier molecular flexibility index (Phi) is 7.94. The molecule has 1 saturated heterocycles. The average Bonchev–Trinajstić information content (AvgIpc) is 3.66. The molecule has 0 saturated carbocycles. The van der Waals surface area contributed by atoms with Gasteiger partial charge in [-0.1, -0.05) is 0 Å². The van der Waals surface area contributed by atoms with Crippen molar-refractivity contribution in [2.24, 2.45) is 0 Å². The second-order valence-corrected chi connectivity index (χ2v) is 10.4. The molecule has 12 nitrogen and oxygen atoms in total. The minimum Gasteiger partial charge on any atom is -0.494 e. The Bertz CT molecular complexity index is 1890. The van der Waals surface area contributed by atoms with Gasteiger partial charge in [0.05, 0.1) is 31.1 Å². The monoisotopic (exact) mass is 598 g/mol. The topological polar surface area (TPSA) is 128 Å². The van der Waals surface area contributed by atoms with Crippen LogP contribution in [0.3, 0.4) is 0 Å². The highest BCUT2D eigenvalue weighted by Crippen LogP contribution is 2.39. The van der Waals surface area contributed by atoms with Crippen LogP contribution in [-0.4, -0.2) is 69.2 Å². The third-order valence-corrected chi connectivity index (χ3v) is 7.57. The highest BCUT2D eigenvalue weighted by Gasteiger charge is 2.22. The Hall–Kier alpha value is -5.30. The van der Waals surface area contributed by atoms with Crippen molar-refractivity contribution in [2.75, 3.05) is 38.4 Å². The van der Waals surface area contributed by atoms with Gasteiger partial charge in [0.25, 0.3) is 5.91 Å². The van der Waals surface area contributed by atoms with E-state index >= 15 is 0 Å². The van der Waals surface area contributed by atoms with Crippen molar-refractivity contribution in [1.29, 1.82) is 0 Å². The molecule has 0 spiro atoms. The molecule has 1 aliphatic heterocycles. The van der Waals surface area contributed by atoms with E-state index in [1.165, 1.54) is 25.8 Å². The number of anilines is 3. The van der Waals surface area contributed by atoms with Crippen LogP contribution in [0.4, 0.5) is 21.6 Å². The zero-order chi connectivity index (χ0) is 30.8. The van der Waals surface area contributed by atoms with Gasteiger partial charge < -0.3 is 24.8 Å². The molecule has 2 N–H and O–H groups in total. The summed E-state index contributed by atoms with van der Waals surface area (Å²) in [4.78, 5) is 27.8. The summed E-state index contributed by atoms with van der Waals surface area (Å²) in [6.07, 6.45) is 7.79. The molecule has 44 heavy (non-hydrogen) atoms. The fourth-order valence-electron chi connectivity index (χ4n) is 5.18. The number of nitrogens with one attached hydrogen (secondary N) is 2. The number of amides is 1. The molecule has 226 valence electrons. The number of likely N-dealkylation sites (tertiary alicyclic amines) is 1. The van der Waals surface area contributed by atoms with Crippen molar-refractivity contribution < 1.29 is 23.4 Å². The largest absolute Gasteiger partial charge is 0.494 e. The third kappa shape index (κ3) is 5.81. The number of nitrogens with zero attached hydrogens (tertiary/aromatic N) is 6. The molecule has 0 aliphatic carbocycles. The molecule has 1 atom stereocenters. The van der Waals surface area contributed by atoms with Crippen LogP contribution in [0.25, 0.3) is 16.6 Å². The lowest BCUT2D eigenvalue weighted by molar-refractivity contribution is -0.114. The van der Waals surface area contributed by atoms with Gasteiger partial charge in [0.15, 0.2) is 11.5 Å². The molecule has 4 heterocycles. The highest BCUT2D eigenvalue weighted by molar-refractivity contribution is 6.05. The Balaban J connectivity index is 1.28. The number of fused-ring (bicyclic) bond motifs is 2. The van der Waals surface area contributed by atoms with Gasteiger partial charge in [-0.3, -0.25) is 9.69 Å². The number of halogens is 1. The van der Waals surface area contributed by atoms with Crippen LogP contribution >= 0.6 is 0 Å². The summed E-state index contributed by atoms with van der Waals surface area (Å²) in [5.74, 6) is 0.774. The number of methoxy groups -OCH3 is 2. The van der Waals surface area contributed by atoms with Gasteiger partial charge in [-0.25, -0.2) is 23.9 Å². The SMILES string of the molecule is COc1cc2ncnc(Nc3cc(C)c(Oc4ccn5ncnc5c4)cc3OC)c2cc1NC(=O)/C(F)=C\[C@H]1CCCN1C. The summed E-state index contributed by atoms with van der Waals surface area (Å²) in [7, 11) is 4.94. The summed E-state index contributed by atoms with van der Waals surface area (Å²) in [6.45, 7) is 2.78. The number of hydrogen-bond donors (Lipinski definition) is 2. The Labute approximate surface area is 252 Å². The first-order valence-electron chi connectivity index (χ1n) is 14.0. The van der Waals surface area contributed by atoms with E-state index in [-0.39, 0.29) is 11.7 Å². The molecule has 6 rings (SSSR count). The van der Waals surface area contributed by atoms with Gasteiger partial charge in [-0.15, -0.1) is 0 Å². The van der Waals surface area contributed by atoms with E-state index < -0.39 is 11.7 Å². The molecular weight excluding hydrogens is 567 g/mol. The van der Waals surface area contributed by atoms with Gasteiger partial charge in [0, 0.05) is 35.8 Å². The van der Waals surface area contributed by atoms with Crippen molar-refractivity contribution in [2.45, 2.75) is 25.8 Å². The van der Waals surface area contributed by atoms with Gasteiger partial charge in [0.1, 0.15) is 41.5 Å². The van der Waals surface area contributed by atoms with E-state index in [1.807, 2.05) is 24.9 Å². The molecule has 2 aromatic carbocycles. The van der Waals surface area contributed by atoms with Crippen LogP contribution in [0.1, 0.15) is 18.4 Å². The predicted molar refractivity (Wildman–Crippen MR) is 164 cm³/mol. The van der Waals surface area contributed by atoms with E-state index in [2.05, 4.69) is 30.7 Å². The van der Waals surface area contributed by atoms with Gasteiger partial charge in [-0.2, -0.15) is 5.10 Å². The number of aryl methyl sites for hydroxylation is 1. The van der Waals surface area contributed by atoms with Crippen molar-refractivity contribution in [3.8, 4) is 23.0 Å². The molecular formula is C31H31FN8O4. The van der Waals surface area contributed by atoms with Crippen LogP contribution < -0.4 is 24.8 Å². The second-order valence-electron chi connectivity index (χ2n) is 10.4. The maximum atomic E-state index is 14.9. The molecule has 1 amide bonds. The number of rotatable bonds is 9. The van der Waals surface area contributed by atoms with Gasteiger partial charge >= 0.3 is 0 Å². The number of benzene rings is 2. The number of ether oxygens (including phenoxy) is 3. The molecule has 1 aliphatic rings. The van der Waals surface area contributed by atoms with E-state index in [0.717, 1.165) is 24.9 Å². The second kappa shape index (κ2) is 12.1. The first-order chi connectivity index (χ1) is 21.3. The Morgan fingerprint density at radius 1 is 1.02 bits per heavy atom. The Morgan fingerprint density at radius 3 is 2.61 bits per heavy atom. The van der Waals surface area contributed by atoms with E-state index in [0.29, 0.717) is 51.1 Å². The summed E-state index contributed by atoms with van der Waals surface area (Å²) >= 11 is 0. The Morgan fingerprint density at radius 2 is 1.84 bits per heavy atom. The first-order valence-corrected chi connectivity index (χ1v) is 14.0. The number of aromatic nitrogens is 5. The minimum absolute atomic E-state index is 0.115. The average molecular weight is 599 g/mol.